The van der Waals surface area contributed by atoms with Crippen molar-refractivity contribution in [3.05, 3.63) is 40.9 Å². The zero-order chi connectivity index (χ0) is 22.8. The maximum atomic E-state index is 13.1. The average Bonchev–Trinajstić information content (AvgIpc) is 3.43. The highest BCUT2D eigenvalue weighted by atomic mass is 32.2. The van der Waals surface area contributed by atoms with Gasteiger partial charge in [0.05, 0.1) is 17.6 Å². The first-order valence-electron chi connectivity index (χ1n) is 11.8. The van der Waals surface area contributed by atoms with E-state index in [0.717, 1.165) is 61.8 Å². The van der Waals surface area contributed by atoms with Crippen LogP contribution in [0.4, 0.5) is 0 Å². The third kappa shape index (κ3) is 4.88. The molecular weight excluding hydrogens is 454 g/mol. The Bertz CT molecular complexity index is 1100. The number of aromatic nitrogens is 1. The van der Waals surface area contributed by atoms with Gasteiger partial charge in [0.1, 0.15) is 10.9 Å². The molecular formula is C25H29N3O3S2. The lowest BCUT2D eigenvalue weighted by Gasteiger charge is -2.20. The number of thioether (sulfide) groups is 1. The van der Waals surface area contributed by atoms with E-state index in [-0.39, 0.29) is 17.9 Å². The fraction of sp³-hybridized carbons (Fsp3) is 0.480. The molecule has 1 atom stereocenters. The first-order chi connectivity index (χ1) is 16.1. The summed E-state index contributed by atoms with van der Waals surface area (Å²) < 4.78 is 8.30. The number of benzene rings is 1. The molecule has 2 aromatic rings. The molecule has 0 bridgehead atoms. The first-order valence-corrected chi connectivity index (χ1v) is 13.1. The fourth-order valence-corrected chi connectivity index (χ4v) is 6.14. The van der Waals surface area contributed by atoms with Crippen LogP contribution in [0.2, 0.25) is 0 Å². The number of rotatable bonds is 5. The number of nitrogens with zero attached hydrogens (tertiary/aromatic N) is 3. The summed E-state index contributed by atoms with van der Waals surface area (Å²) in [4.78, 5) is 30.4. The maximum absolute atomic E-state index is 13.1. The smallest absolute Gasteiger partial charge is 0.266 e. The van der Waals surface area contributed by atoms with E-state index in [2.05, 4.69) is 0 Å². The number of ether oxygens (including phenoxy) is 1. The highest BCUT2D eigenvalue weighted by Gasteiger charge is 2.34. The second kappa shape index (κ2) is 9.99. The van der Waals surface area contributed by atoms with E-state index in [4.69, 9.17) is 17.0 Å². The largest absolute Gasteiger partial charge is 0.376 e. The second-order valence-electron chi connectivity index (χ2n) is 8.95. The van der Waals surface area contributed by atoms with Gasteiger partial charge in [0.15, 0.2) is 0 Å². The van der Waals surface area contributed by atoms with Gasteiger partial charge in [-0.2, -0.15) is 0 Å². The van der Waals surface area contributed by atoms with Crippen molar-refractivity contribution in [2.24, 2.45) is 0 Å². The molecule has 8 heteroatoms. The van der Waals surface area contributed by atoms with E-state index < -0.39 is 0 Å². The van der Waals surface area contributed by atoms with Gasteiger partial charge in [-0.05, 0) is 37.8 Å². The van der Waals surface area contributed by atoms with Gasteiger partial charge in [-0.25, -0.2) is 0 Å². The van der Waals surface area contributed by atoms with Crippen molar-refractivity contribution in [3.8, 4) is 0 Å². The molecule has 0 aliphatic carbocycles. The zero-order valence-corrected chi connectivity index (χ0v) is 20.3. The molecule has 3 aliphatic rings. The molecule has 174 valence electrons. The van der Waals surface area contributed by atoms with Gasteiger partial charge >= 0.3 is 0 Å². The van der Waals surface area contributed by atoms with Crippen LogP contribution in [0.5, 0.6) is 0 Å². The Morgan fingerprint density at radius 1 is 1.15 bits per heavy atom. The highest BCUT2D eigenvalue weighted by Crippen LogP contribution is 2.35. The molecule has 0 radical (unpaired) electrons. The quantitative estimate of drug-likeness (QED) is 0.465. The minimum atomic E-state index is -0.0574. The number of hydrogen-bond donors (Lipinski definition) is 0. The van der Waals surface area contributed by atoms with E-state index in [9.17, 15) is 9.59 Å². The number of carbonyl (C=O) groups is 2. The van der Waals surface area contributed by atoms with Crippen LogP contribution in [-0.4, -0.2) is 62.8 Å². The molecule has 0 N–H and O–H groups in total. The van der Waals surface area contributed by atoms with Gasteiger partial charge < -0.3 is 14.2 Å². The third-order valence-electron chi connectivity index (χ3n) is 6.65. The average molecular weight is 484 g/mol. The molecule has 5 rings (SSSR count). The standard InChI is InChI=1S/C25H29N3O3S2/c29-23(26-11-5-1-2-6-12-26)17-27-15-18(20-9-3-4-10-21(20)27)14-22-24(30)28(25(32)33-22)16-19-8-7-13-31-19/h3-4,9-10,14-15,19H,1-2,5-8,11-13,16-17H2/b22-14-/t19-/m0/s1. The molecule has 3 aliphatic heterocycles. The van der Waals surface area contributed by atoms with Crippen LogP contribution in [-0.2, 0) is 20.9 Å². The number of likely N-dealkylation sites (tertiary alicyclic amines) is 1. The highest BCUT2D eigenvalue weighted by molar-refractivity contribution is 8.26. The van der Waals surface area contributed by atoms with Gasteiger partial charge in [0.2, 0.25) is 5.91 Å². The topological polar surface area (TPSA) is 54.8 Å². The minimum Gasteiger partial charge on any atom is -0.376 e. The van der Waals surface area contributed by atoms with Crippen molar-refractivity contribution in [2.75, 3.05) is 26.2 Å². The van der Waals surface area contributed by atoms with Gasteiger partial charge in [-0.3, -0.25) is 14.5 Å². The lowest BCUT2D eigenvalue weighted by Crippen LogP contribution is -2.35. The summed E-state index contributed by atoms with van der Waals surface area (Å²) in [6, 6.07) is 8.05. The minimum absolute atomic E-state index is 0.0574. The molecule has 0 spiro atoms. The molecule has 4 heterocycles. The lowest BCUT2D eigenvalue weighted by atomic mass is 10.1. The predicted molar refractivity (Wildman–Crippen MR) is 136 cm³/mol. The van der Waals surface area contributed by atoms with Crippen LogP contribution in [0.25, 0.3) is 17.0 Å². The van der Waals surface area contributed by atoms with Crippen LogP contribution in [0.1, 0.15) is 44.1 Å². The monoisotopic (exact) mass is 483 g/mol. The SMILES string of the molecule is O=C(Cn1cc(/C=C2\SC(=S)N(C[C@@H]3CCCO3)C2=O)c2ccccc21)N1CCCCCC1. The Balaban J connectivity index is 1.38. The first kappa shape index (κ1) is 22.6. The summed E-state index contributed by atoms with van der Waals surface area (Å²) in [5.41, 5.74) is 1.94. The number of carbonyl (C=O) groups excluding carboxylic acids is 2. The Hall–Kier alpha value is -2.16. The van der Waals surface area contributed by atoms with E-state index in [1.807, 2.05) is 46.0 Å². The Morgan fingerprint density at radius 2 is 1.94 bits per heavy atom. The maximum Gasteiger partial charge on any atom is 0.266 e. The number of amides is 2. The van der Waals surface area contributed by atoms with Crippen molar-refractivity contribution in [1.29, 1.82) is 0 Å². The third-order valence-corrected chi connectivity index (χ3v) is 8.03. The summed E-state index contributed by atoms with van der Waals surface area (Å²) in [5, 5.41) is 1.03. The summed E-state index contributed by atoms with van der Waals surface area (Å²) in [5.74, 6) is 0.102. The van der Waals surface area contributed by atoms with Crippen molar-refractivity contribution < 1.29 is 14.3 Å². The summed E-state index contributed by atoms with van der Waals surface area (Å²) in [6.45, 7) is 3.28. The molecule has 1 aromatic heterocycles. The van der Waals surface area contributed by atoms with Gasteiger partial charge in [-0.1, -0.05) is 55.0 Å². The van der Waals surface area contributed by atoms with Crippen molar-refractivity contribution in [2.45, 2.75) is 51.2 Å². The predicted octanol–water partition coefficient (Wildman–Crippen LogP) is 4.42. The molecule has 2 amide bonds. The van der Waals surface area contributed by atoms with E-state index in [0.29, 0.717) is 22.3 Å². The van der Waals surface area contributed by atoms with E-state index in [1.54, 1.807) is 4.90 Å². The number of fused-ring (bicyclic) bond motifs is 1. The zero-order valence-electron chi connectivity index (χ0n) is 18.7. The van der Waals surface area contributed by atoms with Crippen LogP contribution < -0.4 is 0 Å². The summed E-state index contributed by atoms with van der Waals surface area (Å²) in [6.07, 6.45) is 10.5. The normalized spacial score (nSPS) is 23.2. The van der Waals surface area contributed by atoms with Gasteiger partial charge in [0.25, 0.3) is 5.91 Å². The summed E-state index contributed by atoms with van der Waals surface area (Å²) >= 11 is 6.85. The van der Waals surface area contributed by atoms with E-state index >= 15 is 0 Å². The molecule has 1 aromatic carbocycles. The number of thiocarbonyl (C=S) groups is 1. The molecule has 0 saturated carbocycles. The molecule has 0 unspecified atom stereocenters. The van der Waals surface area contributed by atoms with Crippen LogP contribution >= 0.6 is 24.0 Å². The second-order valence-corrected chi connectivity index (χ2v) is 10.6. The molecule has 3 saturated heterocycles. The van der Waals surface area contributed by atoms with Crippen molar-refractivity contribution >= 4 is 57.1 Å². The number of para-hydroxylation sites is 1. The Morgan fingerprint density at radius 3 is 2.70 bits per heavy atom. The fourth-order valence-electron chi connectivity index (χ4n) is 4.88. The Labute approximate surface area is 203 Å². The molecule has 3 fully saturated rings. The van der Waals surface area contributed by atoms with Gasteiger partial charge in [0, 0.05) is 42.4 Å². The van der Waals surface area contributed by atoms with E-state index in [1.165, 1.54) is 24.6 Å². The molecule has 33 heavy (non-hydrogen) atoms. The van der Waals surface area contributed by atoms with Crippen LogP contribution in [0, 0.1) is 0 Å². The van der Waals surface area contributed by atoms with Crippen LogP contribution in [0.15, 0.2) is 35.4 Å². The lowest BCUT2D eigenvalue weighted by molar-refractivity contribution is -0.131. The van der Waals surface area contributed by atoms with Crippen molar-refractivity contribution in [1.82, 2.24) is 14.4 Å². The van der Waals surface area contributed by atoms with Gasteiger partial charge in [-0.15, -0.1) is 0 Å². The van der Waals surface area contributed by atoms with Crippen LogP contribution in [0.3, 0.4) is 0 Å². The Kier molecular flexibility index (Phi) is 6.85. The molecule has 6 nitrogen and oxygen atoms in total. The summed E-state index contributed by atoms with van der Waals surface area (Å²) in [7, 11) is 0. The number of hydrogen-bond acceptors (Lipinski definition) is 5. The van der Waals surface area contributed by atoms with Crippen molar-refractivity contribution in [3.63, 3.8) is 0 Å².